The number of hydrogen-bond donors (Lipinski definition) is 1. The van der Waals surface area contributed by atoms with Gasteiger partial charge >= 0.3 is 0 Å². The summed E-state index contributed by atoms with van der Waals surface area (Å²) in [7, 11) is -1.92. The lowest BCUT2D eigenvalue weighted by molar-refractivity contribution is 0.101. The van der Waals surface area contributed by atoms with Crippen LogP contribution in [0.4, 0.5) is 5.69 Å². The summed E-state index contributed by atoms with van der Waals surface area (Å²) < 4.78 is 22.7. The molecule has 0 aromatic heterocycles. The summed E-state index contributed by atoms with van der Waals surface area (Å²) in [4.78, 5) is 13.5. The van der Waals surface area contributed by atoms with E-state index in [1.165, 1.54) is 19.1 Å². The van der Waals surface area contributed by atoms with E-state index in [0.717, 1.165) is 24.2 Å². The van der Waals surface area contributed by atoms with E-state index in [1.807, 2.05) is 11.9 Å². The molecule has 5 nitrogen and oxygen atoms in total. The number of carbonyl (C=O) groups excluding carboxylic acids is 1. The monoisotopic (exact) mass is 254 g/mol. The molecule has 0 aliphatic carbocycles. The molecule has 1 heterocycles. The van der Waals surface area contributed by atoms with Gasteiger partial charge in [0.2, 0.25) is 10.0 Å². The highest BCUT2D eigenvalue weighted by Crippen LogP contribution is 2.32. The molecular weight excluding hydrogens is 240 g/mol. The molecule has 0 amide bonds. The number of sulfonamides is 1. The molecule has 1 aliphatic heterocycles. The van der Waals surface area contributed by atoms with Crippen molar-refractivity contribution >= 4 is 21.5 Å². The predicted octanol–water partition coefficient (Wildman–Crippen LogP) is 0.529. The SMILES string of the molecule is CC(=O)c1cc(S(N)(=O)=O)cc2c1CCN2C. The van der Waals surface area contributed by atoms with Crippen LogP contribution in [0.15, 0.2) is 17.0 Å². The maximum atomic E-state index is 11.5. The van der Waals surface area contributed by atoms with Crippen LogP contribution in [0.5, 0.6) is 0 Å². The molecule has 2 N–H and O–H groups in total. The van der Waals surface area contributed by atoms with E-state index >= 15 is 0 Å². The van der Waals surface area contributed by atoms with Crippen molar-refractivity contribution in [1.29, 1.82) is 0 Å². The van der Waals surface area contributed by atoms with Crippen LogP contribution in [0.2, 0.25) is 0 Å². The summed E-state index contributed by atoms with van der Waals surface area (Å²) in [6.45, 7) is 2.21. The quantitative estimate of drug-likeness (QED) is 0.781. The molecule has 1 aromatic carbocycles. The van der Waals surface area contributed by atoms with Crippen LogP contribution in [-0.4, -0.2) is 27.8 Å². The Morgan fingerprint density at radius 3 is 2.59 bits per heavy atom. The van der Waals surface area contributed by atoms with Crippen LogP contribution >= 0.6 is 0 Å². The van der Waals surface area contributed by atoms with E-state index in [9.17, 15) is 13.2 Å². The first kappa shape index (κ1) is 12.1. The van der Waals surface area contributed by atoms with Gasteiger partial charge in [-0.3, -0.25) is 4.79 Å². The Morgan fingerprint density at radius 2 is 2.06 bits per heavy atom. The molecule has 6 heteroatoms. The van der Waals surface area contributed by atoms with Gasteiger partial charge in [0.15, 0.2) is 5.78 Å². The number of rotatable bonds is 2. The van der Waals surface area contributed by atoms with Crippen molar-refractivity contribution < 1.29 is 13.2 Å². The summed E-state index contributed by atoms with van der Waals surface area (Å²) in [5, 5.41) is 5.11. The van der Waals surface area contributed by atoms with Crippen LogP contribution in [0.3, 0.4) is 0 Å². The van der Waals surface area contributed by atoms with Crippen LogP contribution in [-0.2, 0) is 16.4 Å². The normalized spacial score (nSPS) is 14.9. The number of anilines is 1. The first-order valence-electron chi connectivity index (χ1n) is 5.22. The van der Waals surface area contributed by atoms with E-state index in [2.05, 4.69) is 0 Å². The second kappa shape index (κ2) is 3.82. The fraction of sp³-hybridized carbons (Fsp3) is 0.364. The van der Waals surface area contributed by atoms with Crippen LogP contribution in [0, 0.1) is 0 Å². The first-order valence-corrected chi connectivity index (χ1v) is 6.77. The highest BCUT2D eigenvalue weighted by Gasteiger charge is 2.24. The van der Waals surface area contributed by atoms with Gasteiger partial charge in [-0.05, 0) is 31.0 Å². The van der Waals surface area contributed by atoms with Gasteiger partial charge in [0.05, 0.1) is 4.90 Å². The van der Waals surface area contributed by atoms with E-state index in [-0.39, 0.29) is 10.7 Å². The molecule has 0 atom stereocenters. The van der Waals surface area contributed by atoms with Crippen LogP contribution < -0.4 is 10.0 Å². The maximum absolute atomic E-state index is 11.5. The van der Waals surface area contributed by atoms with Gasteiger partial charge in [0.1, 0.15) is 0 Å². The Kier molecular flexibility index (Phi) is 2.71. The zero-order valence-electron chi connectivity index (χ0n) is 9.73. The molecule has 0 saturated carbocycles. The second-order valence-corrected chi connectivity index (χ2v) is 5.80. The van der Waals surface area contributed by atoms with Gasteiger partial charge < -0.3 is 4.90 Å². The van der Waals surface area contributed by atoms with Gasteiger partial charge in [-0.25, -0.2) is 13.6 Å². The Balaban J connectivity index is 2.74. The topological polar surface area (TPSA) is 80.5 Å². The van der Waals surface area contributed by atoms with Crippen LogP contribution in [0.1, 0.15) is 22.8 Å². The third-order valence-corrected chi connectivity index (χ3v) is 3.91. The minimum Gasteiger partial charge on any atom is -0.374 e. The van der Waals surface area contributed by atoms with Crippen molar-refractivity contribution in [3.8, 4) is 0 Å². The molecule has 0 saturated heterocycles. The number of hydrogen-bond acceptors (Lipinski definition) is 4. The van der Waals surface area contributed by atoms with Gasteiger partial charge in [-0.1, -0.05) is 0 Å². The number of nitrogens with zero attached hydrogens (tertiary/aromatic N) is 1. The van der Waals surface area contributed by atoms with Crippen molar-refractivity contribution in [2.45, 2.75) is 18.2 Å². The summed E-state index contributed by atoms with van der Waals surface area (Å²) in [5.74, 6) is -0.137. The lowest BCUT2D eigenvalue weighted by Gasteiger charge is -2.14. The van der Waals surface area contributed by atoms with Crippen molar-refractivity contribution in [1.82, 2.24) is 0 Å². The zero-order valence-corrected chi connectivity index (χ0v) is 10.5. The highest BCUT2D eigenvalue weighted by molar-refractivity contribution is 7.89. The Bertz CT molecular complexity index is 593. The molecule has 0 bridgehead atoms. The third-order valence-electron chi connectivity index (χ3n) is 3.02. The molecule has 0 fully saturated rings. The van der Waals surface area contributed by atoms with Crippen molar-refractivity contribution in [2.24, 2.45) is 5.14 Å². The molecule has 92 valence electrons. The second-order valence-electron chi connectivity index (χ2n) is 4.24. The van der Waals surface area contributed by atoms with Crippen molar-refractivity contribution in [3.05, 3.63) is 23.3 Å². The van der Waals surface area contributed by atoms with Gasteiger partial charge in [0, 0.05) is 24.8 Å². The van der Waals surface area contributed by atoms with E-state index in [0.29, 0.717) is 5.56 Å². The fourth-order valence-corrected chi connectivity index (χ4v) is 2.67. The largest absolute Gasteiger partial charge is 0.374 e. The summed E-state index contributed by atoms with van der Waals surface area (Å²) in [6.07, 6.45) is 0.756. The Labute approximate surface area is 100 Å². The Hall–Kier alpha value is -1.40. The number of fused-ring (bicyclic) bond motifs is 1. The van der Waals surface area contributed by atoms with Gasteiger partial charge in [0.25, 0.3) is 0 Å². The van der Waals surface area contributed by atoms with E-state index in [1.54, 1.807) is 0 Å². The number of carbonyl (C=O) groups is 1. The lowest BCUT2D eigenvalue weighted by atomic mass is 10.0. The zero-order chi connectivity index (χ0) is 12.8. The lowest BCUT2D eigenvalue weighted by Crippen LogP contribution is -2.16. The van der Waals surface area contributed by atoms with E-state index < -0.39 is 10.0 Å². The number of ketones is 1. The number of primary sulfonamides is 1. The molecule has 17 heavy (non-hydrogen) atoms. The fourth-order valence-electron chi connectivity index (χ4n) is 2.11. The summed E-state index contributed by atoms with van der Waals surface area (Å²) >= 11 is 0. The molecular formula is C11H14N2O3S. The summed E-state index contributed by atoms with van der Waals surface area (Å²) in [5.41, 5.74) is 2.14. The number of likely N-dealkylation sites (N-methyl/N-ethyl adjacent to an activating group) is 1. The van der Waals surface area contributed by atoms with Gasteiger partial charge in [-0.15, -0.1) is 0 Å². The molecule has 1 aromatic rings. The molecule has 0 radical (unpaired) electrons. The first-order chi connectivity index (χ1) is 7.80. The number of benzene rings is 1. The molecule has 2 rings (SSSR count). The maximum Gasteiger partial charge on any atom is 0.238 e. The highest BCUT2D eigenvalue weighted by atomic mass is 32.2. The van der Waals surface area contributed by atoms with Crippen molar-refractivity contribution in [2.75, 3.05) is 18.5 Å². The minimum absolute atomic E-state index is 0.00444. The smallest absolute Gasteiger partial charge is 0.238 e. The average molecular weight is 254 g/mol. The molecule has 0 spiro atoms. The van der Waals surface area contributed by atoms with Crippen LogP contribution in [0.25, 0.3) is 0 Å². The van der Waals surface area contributed by atoms with E-state index in [4.69, 9.17) is 5.14 Å². The Morgan fingerprint density at radius 1 is 1.41 bits per heavy atom. The standard InChI is InChI=1S/C11H14N2O3S/c1-7(14)10-5-8(17(12,15)16)6-11-9(10)3-4-13(11)2/h5-6H,3-4H2,1-2H3,(H2,12,15,16). The minimum atomic E-state index is -3.78. The predicted molar refractivity (Wildman–Crippen MR) is 64.8 cm³/mol. The van der Waals surface area contributed by atoms with Crippen molar-refractivity contribution in [3.63, 3.8) is 0 Å². The third kappa shape index (κ3) is 2.05. The molecule has 0 unspecified atom stereocenters. The number of Topliss-reactive ketones (excluding diaryl/α,β-unsaturated/α-hetero) is 1. The number of nitrogens with two attached hydrogens (primary N) is 1. The van der Waals surface area contributed by atoms with Gasteiger partial charge in [-0.2, -0.15) is 0 Å². The summed E-state index contributed by atoms with van der Waals surface area (Å²) in [6, 6.07) is 2.90. The average Bonchev–Trinajstić information content (AvgIpc) is 2.58. The molecule has 1 aliphatic rings.